The maximum Gasteiger partial charge on any atom is 0.0652 e. The molecule has 0 aliphatic heterocycles. The third-order valence-corrected chi connectivity index (χ3v) is 2.25. The van der Waals surface area contributed by atoms with Gasteiger partial charge >= 0.3 is 0 Å². The number of aryl methyl sites for hydroxylation is 1. The second-order valence-electron chi connectivity index (χ2n) is 3.59. The minimum absolute atomic E-state index is 0.288. The summed E-state index contributed by atoms with van der Waals surface area (Å²) >= 11 is 0. The Morgan fingerprint density at radius 3 is 2.60 bits per heavy atom. The lowest BCUT2D eigenvalue weighted by Gasteiger charge is -2.06. The van der Waals surface area contributed by atoms with Crippen LogP contribution in [0.15, 0.2) is 30.3 Å². The van der Waals surface area contributed by atoms with Crippen molar-refractivity contribution < 1.29 is 5.11 Å². The van der Waals surface area contributed by atoms with Crippen molar-refractivity contribution in [2.45, 2.75) is 38.7 Å². The molecule has 1 atom stereocenters. The van der Waals surface area contributed by atoms with Gasteiger partial charge in [0, 0.05) is 12.8 Å². The first kappa shape index (κ1) is 11.8. The molecule has 0 unspecified atom stereocenters. The Labute approximate surface area is 92.1 Å². The quantitative estimate of drug-likeness (QED) is 0.744. The average molecular weight is 202 g/mol. The van der Waals surface area contributed by atoms with Crippen molar-refractivity contribution in [2.24, 2.45) is 0 Å². The van der Waals surface area contributed by atoms with Crippen LogP contribution in [0.5, 0.6) is 0 Å². The van der Waals surface area contributed by atoms with Crippen LogP contribution < -0.4 is 0 Å². The zero-order chi connectivity index (χ0) is 10.9. The highest BCUT2D eigenvalue weighted by molar-refractivity contribution is 5.14. The van der Waals surface area contributed by atoms with Gasteiger partial charge < -0.3 is 5.11 Å². The van der Waals surface area contributed by atoms with Gasteiger partial charge in [-0.2, -0.15) is 0 Å². The molecule has 1 N–H and O–H groups in total. The molecule has 0 amide bonds. The molecule has 0 spiro atoms. The molecule has 0 aliphatic rings. The second kappa shape index (κ2) is 7.09. The molecule has 0 fully saturated rings. The Morgan fingerprint density at radius 2 is 1.93 bits per heavy atom. The highest BCUT2D eigenvalue weighted by atomic mass is 16.3. The number of benzene rings is 1. The van der Waals surface area contributed by atoms with E-state index in [1.165, 1.54) is 5.56 Å². The summed E-state index contributed by atoms with van der Waals surface area (Å²) in [5.41, 5.74) is 1.28. The SMILES string of the molecule is CCC#CC[C@H](O)CCc1ccccc1. The zero-order valence-electron chi connectivity index (χ0n) is 9.24. The van der Waals surface area contributed by atoms with E-state index in [4.69, 9.17) is 0 Å². The van der Waals surface area contributed by atoms with Gasteiger partial charge in [-0.05, 0) is 18.4 Å². The molecule has 1 aromatic carbocycles. The third-order valence-electron chi connectivity index (χ3n) is 2.25. The van der Waals surface area contributed by atoms with Crippen LogP contribution in [-0.4, -0.2) is 11.2 Å². The monoisotopic (exact) mass is 202 g/mol. The Bertz CT molecular complexity index is 318. The summed E-state index contributed by atoms with van der Waals surface area (Å²) in [4.78, 5) is 0. The van der Waals surface area contributed by atoms with Crippen LogP contribution in [0.1, 0.15) is 31.7 Å². The van der Waals surface area contributed by atoms with Crippen molar-refractivity contribution in [3.8, 4) is 11.8 Å². The van der Waals surface area contributed by atoms with E-state index >= 15 is 0 Å². The van der Waals surface area contributed by atoms with E-state index in [0.717, 1.165) is 19.3 Å². The largest absolute Gasteiger partial charge is 0.392 e. The molecule has 1 nitrogen and oxygen atoms in total. The molecule has 0 aliphatic carbocycles. The third kappa shape index (κ3) is 5.24. The molecule has 0 heterocycles. The molecular weight excluding hydrogens is 184 g/mol. The molecule has 1 aromatic rings. The molecule has 1 heteroatoms. The summed E-state index contributed by atoms with van der Waals surface area (Å²) < 4.78 is 0. The number of hydrogen-bond donors (Lipinski definition) is 1. The highest BCUT2D eigenvalue weighted by Crippen LogP contribution is 2.06. The fourth-order valence-electron chi connectivity index (χ4n) is 1.39. The van der Waals surface area contributed by atoms with Crippen molar-refractivity contribution in [1.82, 2.24) is 0 Å². The van der Waals surface area contributed by atoms with Crippen LogP contribution in [0.2, 0.25) is 0 Å². The molecular formula is C14H18O. The van der Waals surface area contributed by atoms with Crippen molar-refractivity contribution >= 4 is 0 Å². The first-order valence-corrected chi connectivity index (χ1v) is 5.50. The van der Waals surface area contributed by atoms with E-state index in [2.05, 4.69) is 24.0 Å². The maximum atomic E-state index is 9.63. The van der Waals surface area contributed by atoms with Crippen molar-refractivity contribution in [2.75, 3.05) is 0 Å². The van der Waals surface area contributed by atoms with Crippen LogP contribution >= 0.6 is 0 Å². The van der Waals surface area contributed by atoms with Gasteiger partial charge in [0.15, 0.2) is 0 Å². The smallest absolute Gasteiger partial charge is 0.0652 e. The fourth-order valence-corrected chi connectivity index (χ4v) is 1.39. The standard InChI is InChI=1S/C14H18O/c1-2-3-5-10-14(15)12-11-13-8-6-4-7-9-13/h4,6-9,14-15H,2,10-12H2,1H3/t14-/m0/s1. The summed E-state index contributed by atoms with van der Waals surface area (Å²) in [6.45, 7) is 2.02. The zero-order valence-corrected chi connectivity index (χ0v) is 9.24. The van der Waals surface area contributed by atoms with E-state index < -0.39 is 0 Å². The van der Waals surface area contributed by atoms with Crippen LogP contribution in [0, 0.1) is 11.8 Å². The Kier molecular flexibility index (Phi) is 5.58. The van der Waals surface area contributed by atoms with Gasteiger partial charge in [-0.25, -0.2) is 0 Å². The molecule has 0 aromatic heterocycles. The van der Waals surface area contributed by atoms with Gasteiger partial charge in [0.25, 0.3) is 0 Å². The minimum Gasteiger partial charge on any atom is -0.392 e. The Hall–Kier alpha value is -1.26. The predicted octanol–water partition coefficient (Wildman–Crippen LogP) is 2.78. The predicted molar refractivity (Wildman–Crippen MR) is 63.5 cm³/mol. The maximum absolute atomic E-state index is 9.63. The van der Waals surface area contributed by atoms with Crippen LogP contribution in [-0.2, 0) is 6.42 Å². The van der Waals surface area contributed by atoms with E-state index in [1.807, 2.05) is 25.1 Å². The molecule has 1 rings (SSSR count). The van der Waals surface area contributed by atoms with Gasteiger partial charge in [0.1, 0.15) is 0 Å². The molecule has 15 heavy (non-hydrogen) atoms. The first-order valence-electron chi connectivity index (χ1n) is 5.50. The molecule has 0 saturated carbocycles. The molecule has 0 radical (unpaired) electrons. The van der Waals surface area contributed by atoms with Gasteiger partial charge in [-0.15, -0.1) is 11.8 Å². The van der Waals surface area contributed by atoms with Gasteiger partial charge in [-0.3, -0.25) is 0 Å². The lowest BCUT2D eigenvalue weighted by atomic mass is 10.1. The van der Waals surface area contributed by atoms with Crippen LogP contribution in [0.3, 0.4) is 0 Å². The van der Waals surface area contributed by atoms with Crippen LogP contribution in [0.4, 0.5) is 0 Å². The van der Waals surface area contributed by atoms with Gasteiger partial charge in [0.05, 0.1) is 6.10 Å². The number of aliphatic hydroxyl groups excluding tert-OH is 1. The lowest BCUT2D eigenvalue weighted by molar-refractivity contribution is 0.170. The summed E-state index contributed by atoms with van der Waals surface area (Å²) in [5.74, 6) is 5.94. The summed E-state index contributed by atoms with van der Waals surface area (Å²) in [6.07, 6.45) is 2.90. The average Bonchev–Trinajstić information content (AvgIpc) is 2.28. The molecule has 0 saturated heterocycles. The van der Waals surface area contributed by atoms with E-state index in [1.54, 1.807) is 0 Å². The summed E-state index contributed by atoms with van der Waals surface area (Å²) in [6, 6.07) is 10.2. The normalized spacial score (nSPS) is 11.6. The summed E-state index contributed by atoms with van der Waals surface area (Å²) in [7, 11) is 0. The number of hydrogen-bond acceptors (Lipinski definition) is 1. The number of rotatable bonds is 4. The van der Waals surface area contributed by atoms with E-state index in [-0.39, 0.29) is 6.10 Å². The van der Waals surface area contributed by atoms with Crippen molar-refractivity contribution in [3.63, 3.8) is 0 Å². The first-order chi connectivity index (χ1) is 7.33. The number of aliphatic hydroxyl groups is 1. The van der Waals surface area contributed by atoms with E-state index in [0.29, 0.717) is 6.42 Å². The Morgan fingerprint density at radius 1 is 1.20 bits per heavy atom. The Balaban J connectivity index is 2.25. The second-order valence-corrected chi connectivity index (χ2v) is 3.59. The molecule has 80 valence electrons. The van der Waals surface area contributed by atoms with Crippen LogP contribution in [0.25, 0.3) is 0 Å². The lowest BCUT2D eigenvalue weighted by Crippen LogP contribution is -2.06. The summed E-state index contributed by atoms with van der Waals surface area (Å²) in [5, 5.41) is 9.63. The van der Waals surface area contributed by atoms with Gasteiger partial charge in [-0.1, -0.05) is 37.3 Å². The topological polar surface area (TPSA) is 20.2 Å². The van der Waals surface area contributed by atoms with Crippen molar-refractivity contribution in [3.05, 3.63) is 35.9 Å². The molecule has 0 bridgehead atoms. The fraction of sp³-hybridized carbons (Fsp3) is 0.429. The van der Waals surface area contributed by atoms with E-state index in [9.17, 15) is 5.11 Å². The minimum atomic E-state index is -0.288. The van der Waals surface area contributed by atoms with Crippen molar-refractivity contribution in [1.29, 1.82) is 0 Å². The highest BCUT2D eigenvalue weighted by Gasteiger charge is 2.01. The van der Waals surface area contributed by atoms with Gasteiger partial charge in [0.2, 0.25) is 0 Å².